The van der Waals surface area contributed by atoms with Gasteiger partial charge in [0.25, 0.3) is 0 Å². The van der Waals surface area contributed by atoms with Crippen molar-refractivity contribution in [2.75, 3.05) is 0 Å². The molecule has 0 bridgehead atoms. The summed E-state index contributed by atoms with van der Waals surface area (Å²) in [7, 11) is 0. The molecule has 2 amide bonds. The van der Waals surface area contributed by atoms with Gasteiger partial charge in [-0.25, -0.2) is 9.59 Å². The van der Waals surface area contributed by atoms with Gasteiger partial charge in [0.1, 0.15) is 6.04 Å². The molecule has 5 heteroatoms. The van der Waals surface area contributed by atoms with Crippen LogP contribution < -0.4 is 10.6 Å². The molecule has 0 radical (unpaired) electrons. The van der Waals surface area contributed by atoms with Crippen LogP contribution in [0.15, 0.2) is 0 Å². The molecule has 0 heterocycles. The number of carbonyl (C=O) groups is 2. The topological polar surface area (TPSA) is 78.4 Å². The summed E-state index contributed by atoms with van der Waals surface area (Å²) in [6.07, 6.45) is 3.50. The average Bonchev–Trinajstić information content (AvgIpc) is 2.08. The fourth-order valence-electron chi connectivity index (χ4n) is 2.09. The number of carbonyl (C=O) groups excluding carboxylic acids is 1. The third-order valence-electron chi connectivity index (χ3n) is 3.60. The van der Waals surface area contributed by atoms with Crippen LogP contribution in [0.2, 0.25) is 0 Å². The van der Waals surface area contributed by atoms with Crippen LogP contribution in [0.25, 0.3) is 0 Å². The normalized spacial score (nSPS) is 19.6. The lowest BCUT2D eigenvalue weighted by molar-refractivity contribution is -0.141. The monoisotopic (exact) mass is 256 g/mol. The summed E-state index contributed by atoms with van der Waals surface area (Å²) in [6.45, 7) is 7.35. The minimum atomic E-state index is -1.01. The highest BCUT2D eigenvalue weighted by atomic mass is 16.4. The maximum absolute atomic E-state index is 11.8. The molecule has 0 aromatic rings. The first kappa shape index (κ1) is 14.8. The molecule has 0 aromatic heterocycles. The fraction of sp³-hybridized carbons (Fsp3) is 0.846. The van der Waals surface area contributed by atoms with E-state index in [1.54, 1.807) is 20.8 Å². The third-order valence-corrected chi connectivity index (χ3v) is 3.60. The molecule has 3 N–H and O–H groups in total. The molecule has 0 aliphatic heterocycles. The Morgan fingerprint density at radius 2 is 1.78 bits per heavy atom. The molecule has 1 fully saturated rings. The van der Waals surface area contributed by atoms with E-state index >= 15 is 0 Å². The number of amides is 2. The lowest BCUT2D eigenvalue weighted by Crippen LogP contribution is -2.54. The van der Waals surface area contributed by atoms with E-state index in [9.17, 15) is 9.59 Å². The maximum Gasteiger partial charge on any atom is 0.326 e. The van der Waals surface area contributed by atoms with Crippen molar-refractivity contribution in [3.05, 3.63) is 0 Å². The Kier molecular flexibility index (Phi) is 4.59. The highest BCUT2D eigenvalue weighted by molar-refractivity contribution is 5.83. The Morgan fingerprint density at radius 3 is 2.11 bits per heavy atom. The van der Waals surface area contributed by atoms with Crippen molar-refractivity contribution in [2.45, 2.75) is 59.0 Å². The van der Waals surface area contributed by atoms with Crippen LogP contribution in [0.3, 0.4) is 0 Å². The van der Waals surface area contributed by atoms with E-state index in [0.717, 1.165) is 12.8 Å². The van der Waals surface area contributed by atoms with Crippen LogP contribution >= 0.6 is 0 Å². The van der Waals surface area contributed by atoms with Gasteiger partial charge < -0.3 is 15.7 Å². The predicted octanol–water partition coefficient (Wildman–Crippen LogP) is 1.97. The maximum atomic E-state index is 11.8. The number of carboxylic acids is 1. The molecule has 1 aliphatic rings. The molecule has 0 aromatic carbocycles. The lowest BCUT2D eigenvalue weighted by Gasteiger charge is -2.33. The van der Waals surface area contributed by atoms with Crippen molar-refractivity contribution in [1.29, 1.82) is 0 Å². The summed E-state index contributed by atoms with van der Waals surface area (Å²) in [5, 5.41) is 14.5. The first-order valence-electron chi connectivity index (χ1n) is 6.51. The molecule has 2 atom stereocenters. The number of hydrogen-bond acceptors (Lipinski definition) is 2. The van der Waals surface area contributed by atoms with Gasteiger partial charge in [-0.2, -0.15) is 0 Å². The fourth-order valence-corrected chi connectivity index (χ4v) is 2.09. The van der Waals surface area contributed by atoms with Crippen LogP contribution in [0.1, 0.15) is 47.0 Å². The summed E-state index contributed by atoms with van der Waals surface area (Å²) >= 11 is 0. The van der Waals surface area contributed by atoms with E-state index in [-0.39, 0.29) is 6.04 Å². The van der Waals surface area contributed by atoms with Crippen LogP contribution in [0.5, 0.6) is 0 Å². The van der Waals surface area contributed by atoms with Crippen molar-refractivity contribution < 1.29 is 14.7 Å². The number of aliphatic carboxylic acids is 1. The summed E-state index contributed by atoms with van der Waals surface area (Å²) < 4.78 is 0. The first-order valence-corrected chi connectivity index (χ1v) is 6.51. The quantitative estimate of drug-likeness (QED) is 0.719. The van der Waals surface area contributed by atoms with E-state index in [1.807, 2.05) is 6.92 Å². The van der Waals surface area contributed by atoms with Crippen molar-refractivity contribution in [3.63, 3.8) is 0 Å². The molecule has 1 unspecified atom stereocenters. The van der Waals surface area contributed by atoms with E-state index in [2.05, 4.69) is 10.6 Å². The van der Waals surface area contributed by atoms with Crippen LogP contribution in [0.4, 0.5) is 4.79 Å². The number of urea groups is 1. The van der Waals surface area contributed by atoms with Crippen LogP contribution in [-0.4, -0.2) is 29.2 Å². The number of nitrogens with one attached hydrogen (secondary N) is 2. The Bertz CT molecular complexity index is 319. The summed E-state index contributed by atoms with van der Waals surface area (Å²) in [4.78, 5) is 22.9. The van der Waals surface area contributed by atoms with E-state index in [4.69, 9.17) is 5.11 Å². The molecule has 5 nitrogen and oxygen atoms in total. The molecular weight excluding hydrogens is 232 g/mol. The molecule has 0 saturated heterocycles. The van der Waals surface area contributed by atoms with Gasteiger partial charge in [0, 0.05) is 6.04 Å². The predicted molar refractivity (Wildman–Crippen MR) is 69.3 cm³/mol. The Balaban J connectivity index is 2.48. The van der Waals surface area contributed by atoms with E-state index < -0.39 is 23.5 Å². The standard InChI is InChI=1S/C13H24N2O3/c1-8(9-6-5-7-9)14-12(18)15-10(11(16)17)13(2,3)4/h8-10H,5-7H2,1-4H3,(H,16,17)(H2,14,15,18)/t8?,10-/m0/s1. The Labute approximate surface area is 108 Å². The smallest absolute Gasteiger partial charge is 0.326 e. The van der Waals surface area contributed by atoms with E-state index in [0.29, 0.717) is 5.92 Å². The molecule has 1 saturated carbocycles. The first-order chi connectivity index (χ1) is 8.21. The van der Waals surface area contributed by atoms with Gasteiger partial charge in [-0.05, 0) is 31.1 Å². The van der Waals surface area contributed by atoms with Gasteiger partial charge in [-0.1, -0.05) is 27.2 Å². The minimum absolute atomic E-state index is 0.105. The molecule has 1 rings (SSSR count). The molecule has 0 spiro atoms. The summed E-state index contributed by atoms with van der Waals surface area (Å²) in [6, 6.07) is -1.17. The number of rotatable bonds is 4. The van der Waals surface area contributed by atoms with Gasteiger partial charge in [-0.3, -0.25) is 0 Å². The second kappa shape index (κ2) is 5.59. The SMILES string of the molecule is CC(NC(=O)N[C@@H](C(=O)O)C(C)(C)C)C1CCC1. The second-order valence-electron chi connectivity index (χ2n) is 6.23. The zero-order chi connectivity index (χ0) is 13.9. The van der Waals surface area contributed by atoms with Gasteiger partial charge in [-0.15, -0.1) is 0 Å². The largest absolute Gasteiger partial charge is 0.480 e. The van der Waals surface area contributed by atoms with Gasteiger partial charge in [0.05, 0.1) is 0 Å². The number of carboxylic acid groups (broad SMARTS) is 1. The van der Waals surface area contributed by atoms with Crippen molar-refractivity contribution in [2.24, 2.45) is 11.3 Å². The highest BCUT2D eigenvalue weighted by Gasteiger charge is 2.33. The molecule has 104 valence electrons. The van der Waals surface area contributed by atoms with Gasteiger partial charge >= 0.3 is 12.0 Å². The summed E-state index contributed by atoms with van der Waals surface area (Å²) in [5.74, 6) is -0.470. The van der Waals surface area contributed by atoms with Crippen LogP contribution in [-0.2, 0) is 4.79 Å². The molecule has 1 aliphatic carbocycles. The Morgan fingerprint density at radius 1 is 1.22 bits per heavy atom. The van der Waals surface area contributed by atoms with Crippen molar-refractivity contribution >= 4 is 12.0 Å². The van der Waals surface area contributed by atoms with Crippen molar-refractivity contribution in [1.82, 2.24) is 10.6 Å². The van der Waals surface area contributed by atoms with Gasteiger partial charge in [0.2, 0.25) is 0 Å². The number of hydrogen-bond donors (Lipinski definition) is 3. The van der Waals surface area contributed by atoms with Crippen molar-refractivity contribution in [3.8, 4) is 0 Å². The van der Waals surface area contributed by atoms with Crippen LogP contribution in [0, 0.1) is 11.3 Å². The van der Waals surface area contributed by atoms with Gasteiger partial charge in [0.15, 0.2) is 0 Å². The minimum Gasteiger partial charge on any atom is -0.480 e. The Hall–Kier alpha value is -1.26. The third kappa shape index (κ3) is 3.89. The summed E-state index contributed by atoms with van der Waals surface area (Å²) in [5.41, 5.74) is -0.511. The zero-order valence-corrected chi connectivity index (χ0v) is 11.6. The second-order valence-corrected chi connectivity index (χ2v) is 6.23. The molecular formula is C13H24N2O3. The zero-order valence-electron chi connectivity index (χ0n) is 11.6. The van der Waals surface area contributed by atoms with E-state index in [1.165, 1.54) is 6.42 Å². The lowest BCUT2D eigenvalue weighted by atomic mass is 9.80. The average molecular weight is 256 g/mol. The molecule has 18 heavy (non-hydrogen) atoms. The highest BCUT2D eigenvalue weighted by Crippen LogP contribution is 2.29.